The van der Waals surface area contributed by atoms with Crippen molar-refractivity contribution in [1.82, 2.24) is 15.1 Å². The summed E-state index contributed by atoms with van der Waals surface area (Å²) in [5, 5.41) is 4.30. The molecular weight excluding hydrogens is 429 g/mol. The molecule has 1 atom stereocenters. The summed E-state index contributed by atoms with van der Waals surface area (Å²) < 4.78 is 0. The van der Waals surface area contributed by atoms with Gasteiger partial charge in [0.25, 0.3) is 0 Å². The molecule has 1 unspecified atom stereocenters. The highest BCUT2D eigenvalue weighted by molar-refractivity contribution is 6.42. The average Bonchev–Trinajstić information content (AvgIpc) is 3.29. The third kappa shape index (κ3) is 6.45. The number of carbonyl (C=O) groups is 1. The summed E-state index contributed by atoms with van der Waals surface area (Å²) in [4.78, 5) is 17.6. The first-order valence-corrected chi connectivity index (χ1v) is 12.1. The predicted molar refractivity (Wildman–Crippen MR) is 127 cm³/mol. The van der Waals surface area contributed by atoms with Crippen LogP contribution in [0.2, 0.25) is 10.0 Å². The molecule has 1 N–H and O–H groups in total. The zero-order chi connectivity index (χ0) is 21.6. The summed E-state index contributed by atoms with van der Waals surface area (Å²) in [7, 11) is 0. The molecule has 31 heavy (non-hydrogen) atoms. The fourth-order valence-corrected chi connectivity index (χ4v) is 4.93. The number of nitrogens with one attached hydrogen (secondary N) is 1. The molecule has 0 aromatic heterocycles. The maximum absolute atomic E-state index is 12.8. The molecule has 6 heteroatoms. The molecule has 2 aromatic rings. The minimum atomic E-state index is 0.0333. The van der Waals surface area contributed by atoms with Crippen molar-refractivity contribution in [3.05, 3.63) is 69.2 Å². The highest BCUT2D eigenvalue weighted by atomic mass is 35.5. The number of hydrogen-bond acceptors (Lipinski definition) is 3. The molecule has 1 amide bonds. The molecule has 0 bridgehead atoms. The van der Waals surface area contributed by atoms with Gasteiger partial charge >= 0.3 is 0 Å². The Balaban J connectivity index is 1.24. The molecular formula is C25H31Cl2N3O. The second-order valence-corrected chi connectivity index (χ2v) is 9.65. The summed E-state index contributed by atoms with van der Waals surface area (Å²) >= 11 is 12.2. The Morgan fingerprint density at radius 1 is 0.839 bits per heavy atom. The zero-order valence-electron chi connectivity index (χ0n) is 18.0. The van der Waals surface area contributed by atoms with E-state index in [0.29, 0.717) is 16.6 Å². The van der Waals surface area contributed by atoms with Crippen LogP contribution in [0, 0.1) is 5.92 Å². The lowest BCUT2D eigenvalue weighted by Crippen LogP contribution is -2.42. The number of rotatable bonds is 7. The summed E-state index contributed by atoms with van der Waals surface area (Å²) in [6.07, 6.45) is 4.61. The van der Waals surface area contributed by atoms with E-state index in [2.05, 4.69) is 39.4 Å². The summed E-state index contributed by atoms with van der Waals surface area (Å²) in [6.45, 7) is 6.61. The number of nitrogens with zero attached hydrogens (tertiary/aromatic N) is 2. The largest absolute Gasteiger partial charge is 0.352 e. The second-order valence-electron chi connectivity index (χ2n) is 8.84. The third-order valence-corrected chi connectivity index (χ3v) is 7.10. The Morgan fingerprint density at radius 3 is 2.23 bits per heavy atom. The molecule has 4 nitrogen and oxygen atoms in total. The van der Waals surface area contributed by atoms with Crippen LogP contribution < -0.4 is 5.32 Å². The van der Waals surface area contributed by atoms with Gasteiger partial charge in [0.1, 0.15) is 0 Å². The van der Waals surface area contributed by atoms with Crippen molar-refractivity contribution in [1.29, 1.82) is 0 Å². The Bertz CT molecular complexity index is 881. The van der Waals surface area contributed by atoms with Crippen molar-refractivity contribution >= 4 is 29.1 Å². The number of halogens is 2. The molecule has 2 aliphatic heterocycles. The molecule has 2 aliphatic rings. The summed E-state index contributed by atoms with van der Waals surface area (Å²) in [5.41, 5.74) is 3.63. The van der Waals surface area contributed by atoms with E-state index in [-0.39, 0.29) is 11.8 Å². The summed E-state index contributed by atoms with van der Waals surface area (Å²) in [6, 6.07) is 14.4. The monoisotopic (exact) mass is 459 g/mol. The van der Waals surface area contributed by atoms with Gasteiger partial charge in [0, 0.05) is 26.2 Å². The molecule has 2 saturated heterocycles. The molecule has 4 rings (SSSR count). The van der Waals surface area contributed by atoms with Crippen LogP contribution in [0.3, 0.4) is 0 Å². The van der Waals surface area contributed by atoms with Crippen molar-refractivity contribution in [2.45, 2.75) is 45.3 Å². The van der Waals surface area contributed by atoms with Gasteiger partial charge in [0.05, 0.1) is 16.0 Å². The third-order valence-electron chi connectivity index (χ3n) is 6.36. The van der Waals surface area contributed by atoms with Crippen LogP contribution in [-0.4, -0.2) is 41.9 Å². The van der Waals surface area contributed by atoms with Gasteiger partial charge < -0.3 is 5.32 Å². The molecule has 166 valence electrons. The predicted octanol–water partition coefficient (Wildman–Crippen LogP) is 5.12. The number of likely N-dealkylation sites (tertiary alicyclic amines) is 2. The van der Waals surface area contributed by atoms with Gasteiger partial charge in [-0.15, -0.1) is 0 Å². The van der Waals surface area contributed by atoms with Crippen molar-refractivity contribution in [2.24, 2.45) is 5.92 Å². The van der Waals surface area contributed by atoms with Gasteiger partial charge in [-0.05, 0) is 74.1 Å². The van der Waals surface area contributed by atoms with Crippen molar-refractivity contribution < 1.29 is 4.79 Å². The van der Waals surface area contributed by atoms with Crippen LogP contribution in [0.1, 0.15) is 42.4 Å². The van der Waals surface area contributed by atoms with Gasteiger partial charge in [-0.2, -0.15) is 0 Å². The lowest BCUT2D eigenvalue weighted by molar-refractivity contribution is -0.126. The van der Waals surface area contributed by atoms with E-state index in [1.165, 1.54) is 31.5 Å². The van der Waals surface area contributed by atoms with Crippen LogP contribution in [0.15, 0.2) is 42.5 Å². The minimum absolute atomic E-state index is 0.0333. The van der Waals surface area contributed by atoms with Gasteiger partial charge in [-0.1, -0.05) is 53.5 Å². The highest BCUT2D eigenvalue weighted by Crippen LogP contribution is 2.25. The number of hydrogen-bond donors (Lipinski definition) is 1. The molecule has 0 spiro atoms. The van der Waals surface area contributed by atoms with E-state index in [0.717, 1.165) is 50.1 Å². The van der Waals surface area contributed by atoms with E-state index < -0.39 is 0 Å². The SMILES string of the molecule is O=C(NCc1ccc(CN2CCCC2)cc1)C1CCCN(Cc2ccc(Cl)c(Cl)c2)C1. The molecule has 0 radical (unpaired) electrons. The zero-order valence-corrected chi connectivity index (χ0v) is 19.5. The van der Waals surface area contributed by atoms with Crippen molar-refractivity contribution in [2.75, 3.05) is 26.2 Å². The first kappa shape index (κ1) is 22.6. The minimum Gasteiger partial charge on any atom is -0.352 e. The standard InChI is InChI=1S/C25H31Cl2N3O/c26-23-10-9-21(14-24(23)27)17-30-13-3-4-22(18-30)25(31)28-15-19-5-7-20(8-6-19)16-29-11-1-2-12-29/h5-10,14,22H,1-4,11-13,15-18H2,(H,28,31). The quantitative estimate of drug-likeness (QED) is 0.623. The van der Waals surface area contributed by atoms with Crippen LogP contribution in [0.25, 0.3) is 0 Å². The first-order chi connectivity index (χ1) is 15.1. The number of carbonyl (C=O) groups excluding carboxylic acids is 1. The average molecular weight is 460 g/mol. The summed E-state index contributed by atoms with van der Waals surface area (Å²) in [5.74, 6) is 0.186. The van der Waals surface area contributed by atoms with Gasteiger partial charge in [0.15, 0.2) is 0 Å². The molecule has 0 aliphatic carbocycles. The number of piperidine rings is 1. The fraction of sp³-hybridized carbons (Fsp3) is 0.480. The van der Waals surface area contributed by atoms with Crippen LogP contribution in [0.4, 0.5) is 0 Å². The van der Waals surface area contributed by atoms with E-state index >= 15 is 0 Å². The van der Waals surface area contributed by atoms with Crippen LogP contribution in [-0.2, 0) is 24.4 Å². The van der Waals surface area contributed by atoms with Crippen LogP contribution >= 0.6 is 23.2 Å². The van der Waals surface area contributed by atoms with E-state index in [1.54, 1.807) is 0 Å². The smallest absolute Gasteiger partial charge is 0.224 e. The molecule has 2 heterocycles. The number of amides is 1. The highest BCUT2D eigenvalue weighted by Gasteiger charge is 2.25. The lowest BCUT2D eigenvalue weighted by Gasteiger charge is -2.32. The lowest BCUT2D eigenvalue weighted by atomic mass is 9.96. The molecule has 2 fully saturated rings. The van der Waals surface area contributed by atoms with Crippen LogP contribution in [0.5, 0.6) is 0 Å². The Labute approximate surface area is 195 Å². The topological polar surface area (TPSA) is 35.6 Å². The fourth-order valence-electron chi connectivity index (χ4n) is 4.60. The van der Waals surface area contributed by atoms with Crippen molar-refractivity contribution in [3.8, 4) is 0 Å². The normalized spacial score (nSPS) is 20.1. The first-order valence-electron chi connectivity index (χ1n) is 11.3. The maximum atomic E-state index is 12.8. The number of benzene rings is 2. The molecule has 0 saturated carbocycles. The molecule has 2 aromatic carbocycles. The van der Waals surface area contributed by atoms with Gasteiger partial charge in [-0.3, -0.25) is 14.6 Å². The van der Waals surface area contributed by atoms with Gasteiger partial charge in [0.2, 0.25) is 5.91 Å². The Morgan fingerprint density at radius 2 is 1.48 bits per heavy atom. The van der Waals surface area contributed by atoms with E-state index in [4.69, 9.17) is 23.2 Å². The second kappa shape index (κ2) is 10.8. The maximum Gasteiger partial charge on any atom is 0.224 e. The van der Waals surface area contributed by atoms with Crippen molar-refractivity contribution in [3.63, 3.8) is 0 Å². The van der Waals surface area contributed by atoms with Gasteiger partial charge in [-0.25, -0.2) is 0 Å². The van der Waals surface area contributed by atoms with E-state index in [9.17, 15) is 4.79 Å². The Hall–Kier alpha value is -1.59. The Kier molecular flexibility index (Phi) is 7.89. The van der Waals surface area contributed by atoms with E-state index in [1.807, 2.05) is 18.2 Å².